The topological polar surface area (TPSA) is 76.1 Å². The molecule has 2 rings (SSSR count). The standard InChI is InChI=1S/C15H19NO5S/c1-20-10-6-12-11(13(7-10)21-2)4-3-5-16(12)14(17)8-22-9-15(18)19/h6-7H,3-5,8-9H2,1-2H3,(H,18,19). The largest absolute Gasteiger partial charge is 0.497 e. The van der Waals surface area contributed by atoms with Gasteiger partial charge in [-0.25, -0.2) is 0 Å². The molecule has 7 heteroatoms. The number of hydrogen-bond acceptors (Lipinski definition) is 5. The van der Waals surface area contributed by atoms with Crippen LogP contribution < -0.4 is 14.4 Å². The molecule has 0 bridgehead atoms. The van der Waals surface area contributed by atoms with E-state index in [-0.39, 0.29) is 17.4 Å². The van der Waals surface area contributed by atoms with Gasteiger partial charge in [0.05, 0.1) is 31.4 Å². The third-order valence-corrected chi connectivity index (χ3v) is 4.37. The van der Waals surface area contributed by atoms with Gasteiger partial charge in [-0.3, -0.25) is 9.59 Å². The van der Waals surface area contributed by atoms with Crippen molar-refractivity contribution >= 4 is 29.3 Å². The Morgan fingerprint density at radius 3 is 2.68 bits per heavy atom. The summed E-state index contributed by atoms with van der Waals surface area (Å²) >= 11 is 1.10. The van der Waals surface area contributed by atoms with Crippen LogP contribution in [0.4, 0.5) is 5.69 Å². The van der Waals surface area contributed by atoms with Crippen molar-refractivity contribution in [1.82, 2.24) is 0 Å². The molecule has 0 saturated heterocycles. The summed E-state index contributed by atoms with van der Waals surface area (Å²) in [7, 11) is 3.16. The van der Waals surface area contributed by atoms with Crippen molar-refractivity contribution in [2.75, 3.05) is 37.2 Å². The zero-order valence-corrected chi connectivity index (χ0v) is 13.4. The molecule has 1 aliphatic rings. The number of rotatable bonds is 6. The van der Waals surface area contributed by atoms with Crippen LogP contribution in [-0.2, 0) is 16.0 Å². The number of hydrogen-bond donors (Lipinski definition) is 1. The number of ether oxygens (including phenoxy) is 2. The number of carboxylic acid groups (broad SMARTS) is 1. The van der Waals surface area contributed by atoms with E-state index in [1.54, 1.807) is 19.1 Å². The average Bonchev–Trinajstić information content (AvgIpc) is 2.52. The summed E-state index contributed by atoms with van der Waals surface area (Å²) in [5, 5.41) is 8.65. The number of fused-ring (bicyclic) bond motifs is 1. The fourth-order valence-electron chi connectivity index (χ4n) is 2.50. The predicted octanol–water partition coefficient (Wildman–Crippen LogP) is 1.80. The molecule has 0 atom stereocenters. The first-order valence-electron chi connectivity index (χ1n) is 6.91. The minimum Gasteiger partial charge on any atom is -0.497 e. The van der Waals surface area contributed by atoms with Crippen LogP contribution in [0.1, 0.15) is 12.0 Å². The van der Waals surface area contributed by atoms with Gasteiger partial charge in [0.15, 0.2) is 0 Å². The quantitative estimate of drug-likeness (QED) is 0.859. The van der Waals surface area contributed by atoms with E-state index < -0.39 is 5.97 Å². The summed E-state index contributed by atoms with van der Waals surface area (Å²) in [6.07, 6.45) is 1.69. The van der Waals surface area contributed by atoms with Crippen LogP contribution in [0.25, 0.3) is 0 Å². The molecular weight excluding hydrogens is 306 g/mol. The van der Waals surface area contributed by atoms with Crippen LogP contribution in [0.15, 0.2) is 12.1 Å². The monoisotopic (exact) mass is 325 g/mol. The molecule has 120 valence electrons. The van der Waals surface area contributed by atoms with Gasteiger partial charge in [-0.2, -0.15) is 0 Å². The van der Waals surface area contributed by atoms with Gasteiger partial charge in [-0.15, -0.1) is 11.8 Å². The third-order valence-electron chi connectivity index (χ3n) is 3.47. The first-order chi connectivity index (χ1) is 10.6. The van der Waals surface area contributed by atoms with Gasteiger partial charge in [0.1, 0.15) is 11.5 Å². The van der Waals surface area contributed by atoms with E-state index in [0.717, 1.165) is 35.9 Å². The number of methoxy groups -OCH3 is 2. The highest BCUT2D eigenvalue weighted by Gasteiger charge is 2.26. The normalized spacial score (nSPS) is 13.5. The van der Waals surface area contributed by atoms with Crippen molar-refractivity contribution < 1.29 is 24.2 Å². The molecule has 1 N–H and O–H groups in total. The number of nitrogens with zero attached hydrogens (tertiary/aromatic N) is 1. The molecule has 0 aromatic heterocycles. The van der Waals surface area contributed by atoms with Gasteiger partial charge in [-0.05, 0) is 12.8 Å². The predicted molar refractivity (Wildman–Crippen MR) is 85.2 cm³/mol. The van der Waals surface area contributed by atoms with Crippen molar-refractivity contribution in [2.24, 2.45) is 0 Å². The van der Waals surface area contributed by atoms with E-state index in [4.69, 9.17) is 14.6 Å². The Kier molecular flexibility index (Phi) is 5.54. The van der Waals surface area contributed by atoms with Crippen molar-refractivity contribution in [1.29, 1.82) is 0 Å². The number of amides is 1. The van der Waals surface area contributed by atoms with Crippen LogP contribution >= 0.6 is 11.8 Å². The number of anilines is 1. The number of aliphatic carboxylic acids is 1. The van der Waals surface area contributed by atoms with E-state index in [2.05, 4.69) is 0 Å². The molecule has 1 aromatic rings. The molecule has 0 radical (unpaired) electrons. The van der Waals surface area contributed by atoms with Crippen LogP contribution in [0.2, 0.25) is 0 Å². The summed E-state index contributed by atoms with van der Waals surface area (Å²) in [6, 6.07) is 3.64. The molecule has 1 aromatic carbocycles. The number of thioether (sulfide) groups is 1. The zero-order chi connectivity index (χ0) is 16.1. The third kappa shape index (κ3) is 3.65. The molecule has 0 fully saturated rings. The minimum atomic E-state index is -0.916. The SMILES string of the molecule is COc1cc(OC)c2c(c1)N(C(=O)CSCC(=O)O)CCC2. The Hall–Kier alpha value is -1.89. The number of benzene rings is 1. The smallest absolute Gasteiger partial charge is 0.313 e. The summed E-state index contributed by atoms with van der Waals surface area (Å²) < 4.78 is 10.7. The minimum absolute atomic E-state index is 0.0755. The van der Waals surface area contributed by atoms with Gasteiger partial charge >= 0.3 is 5.97 Å². The molecule has 1 aliphatic heterocycles. The molecular formula is C15H19NO5S. The van der Waals surface area contributed by atoms with Crippen molar-refractivity contribution in [3.05, 3.63) is 17.7 Å². The lowest BCUT2D eigenvalue weighted by Crippen LogP contribution is -2.37. The van der Waals surface area contributed by atoms with Gasteiger partial charge in [-0.1, -0.05) is 0 Å². The van der Waals surface area contributed by atoms with Gasteiger partial charge in [0.25, 0.3) is 0 Å². The number of carbonyl (C=O) groups is 2. The summed E-state index contributed by atoms with van der Waals surface area (Å²) in [5.41, 5.74) is 1.79. The van der Waals surface area contributed by atoms with E-state index in [0.29, 0.717) is 18.0 Å². The maximum atomic E-state index is 12.4. The highest BCUT2D eigenvalue weighted by atomic mass is 32.2. The van der Waals surface area contributed by atoms with Crippen LogP contribution in [0.5, 0.6) is 11.5 Å². The maximum absolute atomic E-state index is 12.4. The van der Waals surface area contributed by atoms with Crippen LogP contribution in [-0.4, -0.2) is 49.3 Å². The van der Waals surface area contributed by atoms with Gasteiger partial charge in [0, 0.05) is 24.2 Å². The Morgan fingerprint density at radius 2 is 2.05 bits per heavy atom. The summed E-state index contributed by atoms with van der Waals surface area (Å²) in [4.78, 5) is 24.6. The maximum Gasteiger partial charge on any atom is 0.313 e. The van der Waals surface area contributed by atoms with Crippen LogP contribution in [0.3, 0.4) is 0 Å². The Balaban J connectivity index is 2.23. The molecule has 0 saturated carbocycles. The van der Waals surface area contributed by atoms with Gasteiger partial charge < -0.3 is 19.5 Å². The summed E-state index contributed by atoms with van der Waals surface area (Å²) in [6.45, 7) is 0.621. The number of carbonyl (C=O) groups excluding carboxylic acids is 1. The van der Waals surface area contributed by atoms with Gasteiger partial charge in [0.2, 0.25) is 5.91 Å². The summed E-state index contributed by atoms with van der Waals surface area (Å²) in [5.74, 6) is 0.403. The molecule has 1 heterocycles. The molecule has 0 aliphatic carbocycles. The molecule has 0 unspecified atom stereocenters. The number of carboxylic acids is 1. The van der Waals surface area contributed by atoms with Crippen molar-refractivity contribution in [3.8, 4) is 11.5 Å². The average molecular weight is 325 g/mol. The highest BCUT2D eigenvalue weighted by molar-refractivity contribution is 8.00. The molecule has 22 heavy (non-hydrogen) atoms. The lowest BCUT2D eigenvalue weighted by molar-refractivity contribution is -0.133. The Morgan fingerprint density at radius 1 is 1.27 bits per heavy atom. The Bertz CT molecular complexity index is 575. The molecule has 6 nitrogen and oxygen atoms in total. The van der Waals surface area contributed by atoms with E-state index in [1.165, 1.54) is 0 Å². The Labute approximate surface area is 133 Å². The van der Waals surface area contributed by atoms with Crippen molar-refractivity contribution in [2.45, 2.75) is 12.8 Å². The van der Waals surface area contributed by atoms with Crippen molar-refractivity contribution in [3.63, 3.8) is 0 Å². The second kappa shape index (κ2) is 7.40. The molecule has 0 spiro atoms. The van der Waals surface area contributed by atoms with E-state index in [9.17, 15) is 9.59 Å². The zero-order valence-electron chi connectivity index (χ0n) is 12.6. The van der Waals surface area contributed by atoms with Crippen LogP contribution in [0, 0.1) is 0 Å². The second-order valence-corrected chi connectivity index (χ2v) is 5.85. The fraction of sp³-hybridized carbons (Fsp3) is 0.467. The second-order valence-electron chi connectivity index (χ2n) is 4.86. The highest BCUT2D eigenvalue weighted by Crippen LogP contribution is 2.38. The lowest BCUT2D eigenvalue weighted by Gasteiger charge is -2.31. The molecule has 1 amide bonds. The fourth-order valence-corrected chi connectivity index (χ4v) is 3.10. The first kappa shape index (κ1) is 16.5. The van der Waals surface area contributed by atoms with E-state index >= 15 is 0 Å². The lowest BCUT2D eigenvalue weighted by atomic mass is 10.00. The first-order valence-corrected chi connectivity index (χ1v) is 8.07. The van der Waals surface area contributed by atoms with E-state index in [1.807, 2.05) is 12.1 Å².